The lowest BCUT2D eigenvalue weighted by Crippen LogP contribution is -2.29. The summed E-state index contributed by atoms with van der Waals surface area (Å²) in [4.78, 5) is 34.3. The fourth-order valence-corrected chi connectivity index (χ4v) is 2.56. The summed E-state index contributed by atoms with van der Waals surface area (Å²) in [6, 6.07) is 8.69. The molecule has 0 aliphatic heterocycles. The van der Waals surface area contributed by atoms with Gasteiger partial charge in [0.2, 0.25) is 0 Å². The van der Waals surface area contributed by atoms with E-state index in [1.54, 1.807) is 18.2 Å². The lowest BCUT2D eigenvalue weighted by atomic mass is 10.2. The topological polar surface area (TPSA) is 117 Å². The Labute approximate surface area is 177 Å². The quantitative estimate of drug-likeness (QED) is 0.290. The summed E-state index contributed by atoms with van der Waals surface area (Å²) < 4.78 is 15.4. The van der Waals surface area contributed by atoms with Crippen LogP contribution in [0.4, 0.5) is 11.4 Å². The van der Waals surface area contributed by atoms with Gasteiger partial charge in [-0.3, -0.25) is 14.9 Å². The highest BCUT2D eigenvalue weighted by atomic mass is 35.5. The van der Waals surface area contributed by atoms with Crippen molar-refractivity contribution in [2.45, 2.75) is 13.0 Å². The van der Waals surface area contributed by atoms with Crippen LogP contribution in [0.3, 0.4) is 0 Å². The van der Waals surface area contributed by atoms with Gasteiger partial charge in [0.25, 0.3) is 11.6 Å². The number of hydrogen-bond acceptors (Lipinski definition) is 7. The van der Waals surface area contributed by atoms with Gasteiger partial charge in [-0.25, -0.2) is 4.79 Å². The average Bonchev–Trinajstić information content (AvgIpc) is 2.73. The molecule has 0 heterocycles. The Kier molecular flexibility index (Phi) is 7.76. The second-order valence-corrected chi connectivity index (χ2v) is 6.34. The lowest BCUT2D eigenvalue weighted by Gasteiger charge is -2.13. The number of carbonyl (C=O) groups excluding carboxylic acids is 2. The predicted octanol–water partition coefficient (Wildman–Crippen LogP) is 3.85. The molecule has 1 unspecified atom stereocenters. The molecule has 2 aromatic rings. The molecular weight excluding hydrogens is 416 g/mol. The largest absolute Gasteiger partial charge is 0.493 e. The van der Waals surface area contributed by atoms with Gasteiger partial charge in [0, 0.05) is 18.2 Å². The second-order valence-electron chi connectivity index (χ2n) is 5.94. The fraction of sp³-hybridized carbons (Fsp3) is 0.200. The average molecular weight is 435 g/mol. The molecule has 0 fully saturated rings. The molecular formula is C20H19ClN2O7. The third-order valence-corrected chi connectivity index (χ3v) is 4.22. The molecule has 2 aromatic carbocycles. The van der Waals surface area contributed by atoms with Crippen LogP contribution in [0.1, 0.15) is 12.5 Å². The van der Waals surface area contributed by atoms with E-state index in [0.29, 0.717) is 17.1 Å². The molecule has 158 valence electrons. The van der Waals surface area contributed by atoms with Gasteiger partial charge in [0.1, 0.15) is 0 Å². The molecule has 0 saturated carbocycles. The van der Waals surface area contributed by atoms with Gasteiger partial charge < -0.3 is 19.5 Å². The van der Waals surface area contributed by atoms with Crippen molar-refractivity contribution in [3.63, 3.8) is 0 Å². The third kappa shape index (κ3) is 5.95. The minimum Gasteiger partial charge on any atom is -0.493 e. The van der Waals surface area contributed by atoms with E-state index in [1.165, 1.54) is 45.4 Å². The molecule has 0 saturated heterocycles. The van der Waals surface area contributed by atoms with Gasteiger partial charge in [-0.05, 0) is 36.8 Å². The Morgan fingerprint density at radius 2 is 1.83 bits per heavy atom. The standard InChI is InChI=1S/C20H19ClN2O7/c1-12(20(25)22-16-7-6-14(23(26)27)11-15(16)21)30-19(24)9-5-13-4-8-17(28-2)18(10-13)29-3/h4-12H,1-3H3,(H,22,25)/b9-5+. The van der Waals surface area contributed by atoms with Crippen LogP contribution in [0.2, 0.25) is 5.02 Å². The Balaban J connectivity index is 1.97. The number of non-ortho nitro benzene ring substituents is 1. The first-order chi connectivity index (χ1) is 14.2. The summed E-state index contributed by atoms with van der Waals surface area (Å²) in [5, 5.41) is 13.2. The number of amides is 1. The Hall–Kier alpha value is -3.59. The molecule has 9 nitrogen and oxygen atoms in total. The van der Waals surface area contributed by atoms with Crippen LogP contribution >= 0.6 is 11.6 Å². The zero-order chi connectivity index (χ0) is 22.3. The number of nitrogens with zero attached hydrogens (tertiary/aromatic N) is 1. The predicted molar refractivity (Wildman–Crippen MR) is 111 cm³/mol. The van der Waals surface area contributed by atoms with Crippen LogP contribution in [0, 0.1) is 10.1 Å². The summed E-state index contributed by atoms with van der Waals surface area (Å²) >= 11 is 5.93. The van der Waals surface area contributed by atoms with Gasteiger partial charge in [-0.2, -0.15) is 0 Å². The number of methoxy groups -OCH3 is 2. The molecule has 1 atom stereocenters. The van der Waals surface area contributed by atoms with Crippen molar-refractivity contribution in [1.82, 2.24) is 0 Å². The normalized spacial score (nSPS) is 11.6. The number of anilines is 1. The maximum atomic E-state index is 12.2. The van der Waals surface area contributed by atoms with Crippen LogP contribution in [0.15, 0.2) is 42.5 Å². The zero-order valence-corrected chi connectivity index (χ0v) is 17.1. The number of nitro groups is 1. The number of nitrogens with one attached hydrogen (secondary N) is 1. The zero-order valence-electron chi connectivity index (χ0n) is 16.4. The number of rotatable bonds is 8. The number of nitro benzene ring substituents is 1. The monoisotopic (exact) mass is 434 g/mol. The Bertz CT molecular complexity index is 991. The van der Waals surface area contributed by atoms with Gasteiger partial charge in [0.05, 0.1) is 29.9 Å². The molecule has 2 rings (SSSR count). The molecule has 0 radical (unpaired) electrons. The third-order valence-electron chi connectivity index (χ3n) is 3.90. The molecule has 0 spiro atoms. The summed E-state index contributed by atoms with van der Waals surface area (Å²) in [6.07, 6.45) is 1.55. The van der Waals surface area contributed by atoms with Gasteiger partial charge in [-0.15, -0.1) is 0 Å². The highest BCUT2D eigenvalue weighted by Crippen LogP contribution is 2.28. The molecule has 0 aliphatic carbocycles. The van der Waals surface area contributed by atoms with Crippen LogP contribution in [0.25, 0.3) is 6.08 Å². The van der Waals surface area contributed by atoms with Crippen molar-refractivity contribution >= 4 is 40.9 Å². The van der Waals surface area contributed by atoms with Crippen LogP contribution in [-0.2, 0) is 14.3 Å². The van der Waals surface area contributed by atoms with Crippen molar-refractivity contribution in [2.75, 3.05) is 19.5 Å². The number of carbonyl (C=O) groups is 2. The van der Waals surface area contributed by atoms with Crippen LogP contribution < -0.4 is 14.8 Å². The van der Waals surface area contributed by atoms with Gasteiger partial charge >= 0.3 is 5.97 Å². The summed E-state index contributed by atoms with van der Waals surface area (Å²) in [5.74, 6) is -0.325. The van der Waals surface area contributed by atoms with E-state index in [1.807, 2.05) is 0 Å². The molecule has 0 bridgehead atoms. The molecule has 0 aliphatic rings. The maximum absolute atomic E-state index is 12.2. The van der Waals surface area contributed by atoms with Crippen LogP contribution in [-0.4, -0.2) is 37.1 Å². The van der Waals surface area contributed by atoms with E-state index in [-0.39, 0.29) is 16.4 Å². The van der Waals surface area contributed by atoms with E-state index < -0.39 is 22.9 Å². The molecule has 10 heteroatoms. The molecule has 1 N–H and O–H groups in total. The maximum Gasteiger partial charge on any atom is 0.331 e. The highest BCUT2D eigenvalue weighted by Gasteiger charge is 2.19. The summed E-state index contributed by atoms with van der Waals surface area (Å²) in [5.41, 5.74) is 0.619. The molecule has 0 aromatic heterocycles. The first kappa shape index (κ1) is 22.7. The minimum absolute atomic E-state index is 0.00979. The molecule has 1 amide bonds. The first-order valence-corrected chi connectivity index (χ1v) is 8.98. The van der Waals surface area contributed by atoms with Crippen molar-refractivity contribution in [3.8, 4) is 11.5 Å². The second kappa shape index (κ2) is 10.3. The van der Waals surface area contributed by atoms with Crippen molar-refractivity contribution < 1.29 is 28.7 Å². The minimum atomic E-state index is -1.13. The fourth-order valence-electron chi connectivity index (χ4n) is 2.34. The summed E-state index contributed by atoms with van der Waals surface area (Å²) in [7, 11) is 3.01. The smallest absolute Gasteiger partial charge is 0.331 e. The Morgan fingerprint density at radius 1 is 1.13 bits per heavy atom. The number of halogens is 1. The number of benzene rings is 2. The van der Waals surface area contributed by atoms with Gasteiger partial charge in [0.15, 0.2) is 17.6 Å². The number of hydrogen-bond donors (Lipinski definition) is 1. The van der Waals surface area contributed by atoms with Gasteiger partial charge in [-0.1, -0.05) is 17.7 Å². The van der Waals surface area contributed by atoms with E-state index >= 15 is 0 Å². The Morgan fingerprint density at radius 3 is 2.43 bits per heavy atom. The van der Waals surface area contributed by atoms with Crippen molar-refractivity contribution in [1.29, 1.82) is 0 Å². The summed E-state index contributed by atoms with van der Waals surface area (Å²) in [6.45, 7) is 1.39. The van der Waals surface area contributed by atoms with E-state index in [9.17, 15) is 19.7 Å². The highest BCUT2D eigenvalue weighted by molar-refractivity contribution is 6.34. The SMILES string of the molecule is COc1ccc(/C=C/C(=O)OC(C)C(=O)Nc2ccc([N+](=O)[O-])cc2Cl)cc1OC. The van der Waals surface area contributed by atoms with Crippen molar-refractivity contribution in [3.05, 3.63) is 63.2 Å². The lowest BCUT2D eigenvalue weighted by molar-refractivity contribution is -0.384. The van der Waals surface area contributed by atoms with Crippen molar-refractivity contribution in [2.24, 2.45) is 0 Å². The van der Waals surface area contributed by atoms with E-state index in [2.05, 4.69) is 5.32 Å². The number of esters is 1. The number of ether oxygens (including phenoxy) is 3. The van der Waals surface area contributed by atoms with E-state index in [4.69, 9.17) is 25.8 Å². The van der Waals surface area contributed by atoms with E-state index in [0.717, 1.165) is 6.07 Å². The molecule has 30 heavy (non-hydrogen) atoms. The first-order valence-electron chi connectivity index (χ1n) is 8.60. The van der Waals surface area contributed by atoms with Crippen LogP contribution in [0.5, 0.6) is 11.5 Å².